The molecule has 0 aliphatic heterocycles. The molecular weight excluding hydrogens is 470 g/mol. The number of rotatable bonds is 8. The van der Waals surface area contributed by atoms with Crippen molar-refractivity contribution in [2.75, 3.05) is 5.32 Å². The molecule has 1 unspecified atom stereocenters. The number of pyridine rings is 1. The summed E-state index contributed by atoms with van der Waals surface area (Å²) in [5.74, 6) is 1.72. The fourth-order valence-electron chi connectivity index (χ4n) is 3.36. The van der Waals surface area contributed by atoms with Gasteiger partial charge in [0, 0.05) is 11.9 Å². The minimum atomic E-state index is -0.448. The number of aromatic nitrogens is 4. The van der Waals surface area contributed by atoms with E-state index >= 15 is 0 Å². The molecule has 2 aromatic heterocycles. The van der Waals surface area contributed by atoms with E-state index in [0.29, 0.717) is 21.8 Å². The van der Waals surface area contributed by atoms with Crippen molar-refractivity contribution in [2.45, 2.75) is 37.8 Å². The fraction of sp³-hybridized carbons (Fsp3) is 0.200. The maximum atomic E-state index is 12.8. The highest BCUT2D eigenvalue weighted by Crippen LogP contribution is 2.28. The average Bonchev–Trinajstić information content (AvgIpc) is 3.23. The lowest BCUT2D eigenvalue weighted by molar-refractivity contribution is -0.115. The summed E-state index contributed by atoms with van der Waals surface area (Å²) < 4.78 is 8.06. The summed E-state index contributed by atoms with van der Waals surface area (Å²) in [5, 5.41) is 12.2. The van der Waals surface area contributed by atoms with E-state index in [1.54, 1.807) is 12.1 Å². The van der Waals surface area contributed by atoms with Crippen LogP contribution in [0.3, 0.4) is 0 Å². The summed E-state index contributed by atoms with van der Waals surface area (Å²) in [6.07, 6.45) is 1.49. The summed E-state index contributed by atoms with van der Waals surface area (Å²) in [5.41, 5.74) is 3.00. The summed E-state index contributed by atoms with van der Waals surface area (Å²) in [6, 6.07) is 19.2. The molecule has 0 spiro atoms. The smallest absolute Gasteiger partial charge is 0.238 e. The summed E-state index contributed by atoms with van der Waals surface area (Å²) in [4.78, 5) is 16.9. The third kappa shape index (κ3) is 5.58. The van der Waals surface area contributed by atoms with Gasteiger partial charge in [0.05, 0.1) is 10.3 Å². The van der Waals surface area contributed by atoms with Crippen LogP contribution >= 0.6 is 23.4 Å². The lowest BCUT2D eigenvalue weighted by atomic mass is 10.1. The van der Waals surface area contributed by atoms with Crippen molar-refractivity contribution >= 4 is 35.1 Å². The molecule has 1 N–H and O–H groups in total. The first-order valence-corrected chi connectivity index (χ1v) is 12.0. The largest absolute Gasteiger partial charge is 0.485 e. The van der Waals surface area contributed by atoms with Crippen molar-refractivity contribution in [3.05, 3.63) is 88.8 Å². The Morgan fingerprint density at radius 3 is 2.47 bits per heavy atom. The number of carbonyl (C=O) groups is 1. The molecule has 4 aromatic rings. The van der Waals surface area contributed by atoms with Gasteiger partial charge in [0.1, 0.15) is 18.2 Å². The third-order valence-electron chi connectivity index (χ3n) is 5.10. The Morgan fingerprint density at radius 2 is 1.79 bits per heavy atom. The Labute approximate surface area is 207 Å². The van der Waals surface area contributed by atoms with Crippen LogP contribution in [0, 0.1) is 13.8 Å². The topological polar surface area (TPSA) is 81.9 Å². The molecule has 0 saturated heterocycles. The number of anilines is 1. The Bertz CT molecular complexity index is 1260. The molecule has 0 fully saturated rings. The van der Waals surface area contributed by atoms with E-state index in [2.05, 4.69) is 20.5 Å². The van der Waals surface area contributed by atoms with Gasteiger partial charge in [-0.2, -0.15) is 0 Å². The van der Waals surface area contributed by atoms with Crippen LogP contribution in [0.2, 0.25) is 5.02 Å². The number of hydrogen-bond acceptors (Lipinski definition) is 6. The minimum absolute atomic E-state index is 0.198. The number of halogens is 1. The van der Waals surface area contributed by atoms with Crippen LogP contribution in [0.4, 0.5) is 5.82 Å². The van der Waals surface area contributed by atoms with Crippen molar-refractivity contribution < 1.29 is 9.53 Å². The van der Waals surface area contributed by atoms with Crippen LogP contribution in [-0.4, -0.2) is 30.9 Å². The Hall–Kier alpha value is -3.36. The Balaban J connectivity index is 1.55. The molecule has 1 amide bonds. The molecule has 174 valence electrons. The zero-order valence-electron chi connectivity index (χ0n) is 19.0. The predicted molar refractivity (Wildman–Crippen MR) is 135 cm³/mol. The molecule has 9 heteroatoms. The van der Waals surface area contributed by atoms with Gasteiger partial charge in [-0.1, -0.05) is 59.8 Å². The minimum Gasteiger partial charge on any atom is -0.485 e. The third-order valence-corrected chi connectivity index (χ3v) is 6.37. The van der Waals surface area contributed by atoms with Crippen LogP contribution in [0.5, 0.6) is 5.75 Å². The van der Waals surface area contributed by atoms with Crippen LogP contribution in [0.15, 0.2) is 72.0 Å². The Kier molecular flexibility index (Phi) is 7.49. The van der Waals surface area contributed by atoms with Crippen LogP contribution in [0.1, 0.15) is 23.9 Å². The number of para-hydroxylation sites is 2. The van der Waals surface area contributed by atoms with E-state index in [4.69, 9.17) is 16.3 Å². The van der Waals surface area contributed by atoms with Gasteiger partial charge < -0.3 is 10.1 Å². The second-order valence-electron chi connectivity index (χ2n) is 7.69. The zero-order valence-corrected chi connectivity index (χ0v) is 20.6. The van der Waals surface area contributed by atoms with Gasteiger partial charge in [-0.15, -0.1) is 10.2 Å². The highest BCUT2D eigenvalue weighted by molar-refractivity contribution is 8.00. The van der Waals surface area contributed by atoms with E-state index in [0.717, 1.165) is 22.6 Å². The van der Waals surface area contributed by atoms with Crippen molar-refractivity contribution in [2.24, 2.45) is 0 Å². The molecular formula is C25H24ClN5O2S. The van der Waals surface area contributed by atoms with Crippen LogP contribution < -0.4 is 10.1 Å². The number of thioether (sulfide) groups is 1. The highest BCUT2D eigenvalue weighted by atomic mass is 35.5. The molecule has 2 heterocycles. The normalized spacial score (nSPS) is 11.8. The molecule has 2 aromatic carbocycles. The van der Waals surface area contributed by atoms with Crippen LogP contribution in [-0.2, 0) is 11.4 Å². The molecule has 1 atom stereocenters. The summed E-state index contributed by atoms with van der Waals surface area (Å²) in [6.45, 7) is 6.08. The highest BCUT2D eigenvalue weighted by Gasteiger charge is 2.22. The van der Waals surface area contributed by atoms with E-state index < -0.39 is 5.25 Å². The maximum Gasteiger partial charge on any atom is 0.238 e. The van der Waals surface area contributed by atoms with Crippen molar-refractivity contribution in [1.82, 2.24) is 19.7 Å². The van der Waals surface area contributed by atoms with Gasteiger partial charge in [0.2, 0.25) is 5.91 Å². The van der Waals surface area contributed by atoms with E-state index in [1.165, 1.54) is 18.0 Å². The molecule has 7 nitrogen and oxygen atoms in total. The number of aryl methyl sites for hydroxylation is 2. The first kappa shape index (κ1) is 23.8. The number of ether oxygens (including phenoxy) is 1. The summed E-state index contributed by atoms with van der Waals surface area (Å²) in [7, 11) is 0. The zero-order chi connectivity index (χ0) is 24.1. The number of nitrogens with zero attached hydrogens (tertiary/aromatic N) is 4. The molecule has 0 aliphatic carbocycles. The fourth-order valence-corrected chi connectivity index (χ4v) is 4.36. The molecule has 0 radical (unpaired) electrons. The monoisotopic (exact) mass is 493 g/mol. The van der Waals surface area contributed by atoms with Gasteiger partial charge in [-0.05, 0) is 56.2 Å². The molecule has 0 saturated carbocycles. The van der Waals surface area contributed by atoms with Gasteiger partial charge >= 0.3 is 0 Å². The summed E-state index contributed by atoms with van der Waals surface area (Å²) >= 11 is 7.18. The second-order valence-corrected chi connectivity index (χ2v) is 9.43. The van der Waals surface area contributed by atoms with Crippen molar-refractivity contribution in [3.8, 4) is 11.4 Å². The second kappa shape index (κ2) is 10.7. The first-order valence-electron chi connectivity index (χ1n) is 10.7. The lowest BCUT2D eigenvalue weighted by Crippen LogP contribution is -2.23. The van der Waals surface area contributed by atoms with Crippen LogP contribution in [0.25, 0.3) is 5.69 Å². The quantitative estimate of drug-likeness (QED) is 0.320. The molecule has 4 rings (SSSR count). The average molecular weight is 494 g/mol. The van der Waals surface area contributed by atoms with Crippen molar-refractivity contribution in [3.63, 3.8) is 0 Å². The molecule has 0 bridgehead atoms. The number of amides is 1. The molecule has 34 heavy (non-hydrogen) atoms. The predicted octanol–water partition coefficient (Wildman–Crippen LogP) is 5.63. The number of carbonyl (C=O) groups excluding carboxylic acids is 1. The number of nitrogens with one attached hydrogen (secondary N) is 1. The van der Waals surface area contributed by atoms with Gasteiger partial charge in [0.25, 0.3) is 0 Å². The van der Waals surface area contributed by atoms with Gasteiger partial charge in [0.15, 0.2) is 11.0 Å². The van der Waals surface area contributed by atoms with E-state index in [9.17, 15) is 4.79 Å². The number of benzene rings is 2. The van der Waals surface area contributed by atoms with Crippen molar-refractivity contribution in [1.29, 1.82) is 0 Å². The van der Waals surface area contributed by atoms with Gasteiger partial charge in [-0.3, -0.25) is 9.36 Å². The maximum absolute atomic E-state index is 12.8. The standard InChI is InChI=1S/C25H24ClN5O2S/c1-16-8-7-9-17(2)23(16)33-15-22-29-30-25(31(22)20-10-5-4-6-11-20)34-18(3)24(32)28-21-13-12-19(26)14-27-21/h4-14,18H,15H2,1-3H3,(H,27,28,32). The SMILES string of the molecule is Cc1cccc(C)c1OCc1nnc(SC(C)C(=O)Nc2ccc(Cl)cn2)n1-c1ccccc1. The molecule has 0 aliphatic rings. The van der Waals surface area contributed by atoms with E-state index in [1.807, 2.05) is 73.9 Å². The number of hydrogen-bond donors (Lipinski definition) is 1. The lowest BCUT2D eigenvalue weighted by Gasteiger charge is -2.15. The Morgan fingerprint density at radius 1 is 1.06 bits per heavy atom. The van der Waals surface area contributed by atoms with Gasteiger partial charge in [-0.25, -0.2) is 4.98 Å². The van der Waals surface area contributed by atoms with E-state index in [-0.39, 0.29) is 12.5 Å². The first-order chi connectivity index (χ1) is 16.4.